The van der Waals surface area contributed by atoms with Gasteiger partial charge in [-0.2, -0.15) is 5.10 Å². The number of carbonyl (C=O) groups excluding carboxylic acids is 1. The van der Waals surface area contributed by atoms with Crippen molar-refractivity contribution in [1.29, 1.82) is 0 Å². The second-order valence-corrected chi connectivity index (χ2v) is 8.29. The summed E-state index contributed by atoms with van der Waals surface area (Å²) in [6.45, 7) is 4.63. The maximum atomic E-state index is 12.3. The van der Waals surface area contributed by atoms with Crippen LogP contribution in [0.3, 0.4) is 0 Å². The number of amidine groups is 1. The average Bonchev–Trinajstić information content (AvgIpc) is 3.37. The largest absolute Gasteiger partial charge is 0.494 e. The Bertz CT molecular complexity index is 1100. The molecule has 3 aromatic rings. The Hall–Kier alpha value is -3.32. The number of amides is 1. The predicted octanol–water partition coefficient (Wildman–Crippen LogP) is 4.82. The molecule has 31 heavy (non-hydrogen) atoms. The van der Waals surface area contributed by atoms with E-state index in [1.165, 1.54) is 23.5 Å². The van der Waals surface area contributed by atoms with Gasteiger partial charge in [0.1, 0.15) is 17.3 Å². The van der Waals surface area contributed by atoms with Crippen LogP contribution in [-0.2, 0) is 11.2 Å². The Morgan fingerprint density at radius 3 is 2.61 bits per heavy atom. The highest BCUT2D eigenvalue weighted by molar-refractivity contribution is 8.15. The molecule has 6 nitrogen and oxygen atoms in total. The number of carbonyl (C=O) groups is 1. The van der Waals surface area contributed by atoms with Gasteiger partial charge in [-0.3, -0.25) is 4.79 Å². The summed E-state index contributed by atoms with van der Waals surface area (Å²) in [6.07, 6.45) is 2.15. The third-order valence-electron chi connectivity index (χ3n) is 4.73. The molecule has 1 saturated heterocycles. The first kappa shape index (κ1) is 20.9. The SMILES string of the molecule is CCOc1ccc(C[C@@H]2S/C(=N\N=C/c3ccc(-c4ccc(C)cc4)o3)NC2=O)cc1. The van der Waals surface area contributed by atoms with E-state index in [2.05, 4.69) is 15.5 Å². The minimum atomic E-state index is -0.233. The first-order chi connectivity index (χ1) is 15.1. The molecule has 158 valence electrons. The molecule has 7 heteroatoms. The monoisotopic (exact) mass is 433 g/mol. The number of thioether (sulfide) groups is 1. The fourth-order valence-electron chi connectivity index (χ4n) is 3.12. The van der Waals surface area contributed by atoms with Crippen molar-refractivity contribution in [1.82, 2.24) is 5.32 Å². The Labute approximate surface area is 185 Å². The number of furan rings is 1. The van der Waals surface area contributed by atoms with Crippen molar-refractivity contribution in [2.75, 3.05) is 6.61 Å². The molecule has 1 N–H and O–H groups in total. The molecule has 4 rings (SSSR count). The molecule has 1 aromatic heterocycles. The molecular weight excluding hydrogens is 410 g/mol. The molecule has 0 bridgehead atoms. The lowest BCUT2D eigenvalue weighted by molar-refractivity contribution is -0.118. The molecule has 1 amide bonds. The molecule has 0 aliphatic carbocycles. The van der Waals surface area contributed by atoms with Gasteiger partial charge in [0.05, 0.1) is 18.1 Å². The first-order valence-corrected chi connectivity index (χ1v) is 11.0. The summed E-state index contributed by atoms with van der Waals surface area (Å²) in [5, 5.41) is 11.2. The van der Waals surface area contributed by atoms with Gasteiger partial charge >= 0.3 is 0 Å². The molecule has 0 unspecified atom stereocenters. The zero-order chi connectivity index (χ0) is 21.6. The minimum Gasteiger partial charge on any atom is -0.494 e. The van der Waals surface area contributed by atoms with Gasteiger partial charge in [0.15, 0.2) is 5.17 Å². The number of rotatable bonds is 7. The van der Waals surface area contributed by atoms with Crippen molar-refractivity contribution < 1.29 is 13.9 Å². The highest BCUT2D eigenvalue weighted by atomic mass is 32.2. The summed E-state index contributed by atoms with van der Waals surface area (Å²) in [5.74, 6) is 2.13. The number of hydrogen-bond acceptors (Lipinski definition) is 6. The van der Waals surface area contributed by atoms with Crippen LogP contribution in [0.15, 0.2) is 75.3 Å². The van der Waals surface area contributed by atoms with Crippen molar-refractivity contribution in [2.45, 2.75) is 25.5 Å². The lowest BCUT2D eigenvalue weighted by Gasteiger charge is -2.07. The van der Waals surface area contributed by atoms with E-state index in [4.69, 9.17) is 9.15 Å². The van der Waals surface area contributed by atoms with E-state index in [0.29, 0.717) is 24.0 Å². The van der Waals surface area contributed by atoms with Crippen LogP contribution in [0.1, 0.15) is 23.8 Å². The lowest BCUT2D eigenvalue weighted by atomic mass is 10.1. The molecule has 1 aliphatic rings. The van der Waals surface area contributed by atoms with E-state index >= 15 is 0 Å². The number of nitrogens with zero attached hydrogens (tertiary/aromatic N) is 2. The van der Waals surface area contributed by atoms with E-state index < -0.39 is 0 Å². The summed E-state index contributed by atoms with van der Waals surface area (Å²) in [4.78, 5) is 12.3. The van der Waals surface area contributed by atoms with Crippen LogP contribution >= 0.6 is 11.8 Å². The van der Waals surface area contributed by atoms with Gasteiger partial charge in [0, 0.05) is 5.56 Å². The average molecular weight is 434 g/mol. The molecular formula is C24H23N3O3S. The summed E-state index contributed by atoms with van der Waals surface area (Å²) >= 11 is 1.38. The molecule has 1 aliphatic heterocycles. The number of benzene rings is 2. The summed E-state index contributed by atoms with van der Waals surface area (Å²) in [7, 11) is 0. The third kappa shape index (κ3) is 5.44. The van der Waals surface area contributed by atoms with Gasteiger partial charge in [0.25, 0.3) is 0 Å². The van der Waals surface area contributed by atoms with Crippen LogP contribution in [0, 0.1) is 6.92 Å². The predicted molar refractivity (Wildman–Crippen MR) is 125 cm³/mol. The van der Waals surface area contributed by atoms with Gasteiger partial charge in [-0.25, -0.2) is 0 Å². The van der Waals surface area contributed by atoms with Crippen LogP contribution in [0.5, 0.6) is 5.75 Å². The maximum Gasteiger partial charge on any atom is 0.239 e. The summed E-state index contributed by atoms with van der Waals surface area (Å²) in [5.41, 5.74) is 3.28. The van der Waals surface area contributed by atoms with E-state index in [-0.39, 0.29) is 11.2 Å². The molecule has 2 heterocycles. The normalized spacial score (nSPS) is 17.4. The van der Waals surface area contributed by atoms with Gasteiger partial charge < -0.3 is 14.5 Å². The van der Waals surface area contributed by atoms with Crippen LogP contribution in [-0.4, -0.2) is 29.1 Å². The number of hydrogen-bond donors (Lipinski definition) is 1. The van der Waals surface area contributed by atoms with Gasteiger partial charge in [-0.15, -0.1) is 5.10 Å². The third-order valence-corrected chi connectivity index (χ3v) is 5.80. The fraction of sp³-hybridized carbons (Fsp3) is 0.208. The zero-order valence-electron chi connectivity index (χ0n) is 17.4. The first-order valence-electron chi connectivity index (χ1n) is 10.1. The summed E-state index contributed by atoms with van der Waals surface area (Å²) in [6, 6.07) is 19.7. The van der Waals surface area contributed by atoms with E-state index in [1.54, 1.807) is 0 Å². The van der Waals surface area contributed by atoms with Gasteiger partial charge in [-0.1, -0.05) is 53.7 Å². The minimum absolute atomic E-state index is 0.0625. The van der Waals surface area contributed by atoms with Crippen LogP contribution < -0.4 is 10.1 Å². The standard InChI is InChI=1S/C24H23N3O3S/c1-3-29-19-10-6-17(7-11-19)14-22-23(28)26-24(31-22)27-25-15-20-12-13-21(30-20)18-8-4-16(2)5-9-18/h4-13,15,22H,3,14H2,1-2H3,(H,26,27,28)/b25-15-/t22-/m0/s1. The van der Waals surface area contributed by atoms with E-state index in [0.717, 1.165) is 22.6 Å². The Kier molecular flexibility index (Phi) is 6.52. The highest BCUT2D eigenvalue weighted by Crippen LogP contribution is 2.25. The maximum absolute atomic E-state index is 12.3. The Morgan fingerprint density at radius 2 is 1.87 bits per heavy atom. The molecule has 0 radical (unpaired) electrons. The smallest absolute Gasteiger partial charge is 0.239 e. The van der Waals surface area contributed by atoms with Crippen molar-refractivity contribution in [3.05, 3.63) is 77.6 Å². The van der Waals surface area contributed by atoms with Crippen molar-refractivity contribution >= 4 is 29.1 Å². The number of aryl methyl sites for hydroxylation is 1. The quantitative estimate of drug-likeness (QED) is 0.428. The number of nitrogens with one attached hydrogen (secondary N) is 1. The lowest BCUT2D eigenvalue weighted by Crippen LogP contribution is -2.25. The Balaban J connectivity index is 1.35. The Morgan fingerprint density at radius 1 is 1.10 bits per heavy atom. The molecule has 1 atom stereocenters. The molecule has 1 fully saturated rings. The molecule has 0 spiro atoms. The second-order valence-electron chi connectivity index (χ2n) is 7.09. The van der Waals surface area contributed by atoms with E-state index in [9.17, 15) is 4.79 Å². The van der Waals surface area contributed by atoms with Crippen LogP contribution in [0.25, 0.3) is 11.3 Å². The van der Waals surface area contributed by atoms with Crippen LogP contribution in [0.4, 0.5) is 0 Å². The van der Waals surface area contributed by atoms with E-state index in [1.807, 2.05) is 74.5 Å². The highest BCUT2D eigenvalue weighted by Gasteiger charge is 2.30. The van der Waals surface area contributed by atoms with Gasteiger partial charge in [0.2, 0.25) is 5.91 Å². The second kappa shape index (κ2) is 9.66. The zero-order valence-corrected chi connectivity index (χ0v) is 18.2. The van der Waals surface area contributed by atoms with Crippen molar-refractivity contribution in [2.24, 2.45) is 10.2 Å². The van der Waals surface area contributed by atoms with Crippen LogP contribution in [0.2, 0.25) is 0 Å². The molecule has 2 aromatic carbocycles. The summed E-state index contributed by atoms with van der Waals surface area (Å²) < 4.78 is 11.3. The number of ether oxygens (including phenoxy) is 1. The molecule has 0 saturated carbocycles. The fourth-order valence-corrected chi connectivity index (χ4v) is 4.09. The van der Waals surface area contributed by atoms with Gasteiger partial charge in [-0.05, 0) is 50.1 Å². The van der Waals surface area contributed by atoms with Crippen molar-refractivity contribution in [3.63, 3.8) is 0 Å². The van der Waals surface area contributed by atoms with Crippen molar-refractivity contribution in [3.8, 4) is 17.1 Å². The topological polar surface area (TPSA) is 76.2 Å².